The predicted octanol–water partition coefficient (Wildman–Crippen LogP) is 0.499. The number of hydrogen-bond acceptors (Lipinski definition) is 6. The van der Waals surface area contributed by atoms with Crippen LogP contribution in [0.15, 0.2) is 11.1 Å². The van der Waals surface area contributed by atoms with Gasteiger partial charge in [0.1, 0.15) is 5.57 Å². The molecule has 1 atom stereocenters. The third kappa shape index (κ3) is 1.68. The van der Waals surface area contributed by atoms with Crippen molar-refractivity contribution in [3.8, 4) is 0 Å². The Kier molecular flexibility index (Phi) is 3.11. The van der Waals surface area contributed by atoms with E-state index in [1.165, 1.54) is 14.0 Å². The normalized spacial score (nSPS) is 27.9. The third-order valence-electron chi connectivity index (χ3n) is 3.33. The van der Waals surface area contributed by atoms with Gasteiger partial charge in [0, 0.05) is 12.0 Å². The van der Waals surface area contributed by atoms with Crippen molar-refractivity contribution in [1.82, 2.24) is 0 Å². The molecule has 0 aromatic heterocycles. The van der Waals surface area contributed by atoms with Crippen molar-refractivity contribution in [2.45, 2.75) is 31.8 Å². The summed E-state index contributed by atoms with van der Waals surface area (Å²) in [6, 6.07) is 0. The first kappa shape index (κ1) is 12.6. The van der Waals surface area contributed by atoms with Crippen LogP contribution in [-0.2, 0) is 28.6 Å². The topological polar surface area (TPSA) is 78.9 Å². The largest absolute Gasteiger partial charge is 0.465 e. The molecule has 18 heavy (non-hydrogen) atoms. The van der Waals surface area contributed by atoms with Crippen LogP contribution in [0.4, 0.5) is 0 Å². The molecule has 1 spiro atoms. The Morgan fingerprint density at radius 1 is 1.33 bits per heavy atom. The van der Waals surface area contributed by atoms with Crippen LogP contribution in [0.25, 0.3) is 0 Å². The van der Waals surface area contributed by atoms with Crippen molar-refractivity contribution in [2.24, 2.45) is 0 Å². The molecule has 0 saturated carbocycles. The smallest absolute Gasteiger partial charge is 0.355 e. The van der Waals surface area contributed by atoms with Crippen LogP contribution in [0.1, 0.15) is 26.2 Å². The molecule has 6 nitrogen and oxygen atoms in total. The van der Waals surface area contributed by atoms with Gasteiger partial charge in [-0.25, -0.2) is 14.4 Å². The van der Waals surface area contributed by atoms with E-state index in [-0.39, 0.29) is 11.1 Å². The molecule has 1 saturated heterocycles. The van der Waals surface area contributed by atoms with Gasteiger partial charge < -0.3 is 14.2 Å². The summed E-state index contributed by atoms with van der Waals surface area (Å²) in [7, 11) is 1.17. The van der Waals surface area contributed by atoms with Crippen molar-refractivity contribution in [3.63, 3.8) is 0 Å². The van der Waals surface area contributed by atoms with Crippen molar-refractivity contribution in [2.75, 3.05) is 13.7 Å². The zero-order valence-electron chi connectivity index (χ0n) is 10.3. The highest BCUT2D eigenvalue weighted by molar-refractivity contribution is 6.18. The molecule has 6 heteroatoms. The fourth-order valence-electron chi connectivity index (χ4n) is 2.27. The lowest BCUT2D eigenvalue weighted by molar-refractivity contribution is -0.171. The van der Waals surface area contributed by atoms with Crippen LogP contribution in [0.3, 0.4) is 0 Å². The summed E-state index contributed by atoms with van der Waals surface area (Å²) >= 11 is 0. The fraction of sp³-hybridized carbons (Fsp3) is 0.583. The predicted molar refractivity (Wildman–Crippen MR) is 58.3 cm³/mol. The van der Waals surface area contributed by atoms with Crippen molar-refractivity contribution in [3.05, 3.63) is 11.1 Å². The molecular weight excluding hydrogens is 240 g/mol. The summed E-state index contributed by atoms with van der Waals surface area (Å²) in [5.41, 5.74) is -1.35. The van der Waals surface area contributed by atoms with Crippen molar-refractivity contribution < 1.29 is 28.6 Å². The highest BCUT2D eigenvalue weighted by atomic mass is 16.6. The van der Waals surface area contributed by atoms with Crippen molar-refractivity contribution in [1.29, 1.82) is 0 Å². The van der Waals surface area contributed by atoms with Crippen LogP contribution in [-0.4, -0.2) is 37.2 Å². The number of rotatable bonds is 1. The third-order valence-corrected chi connectivity index (χ3v) is 3.33. The molecule has 98 valence electrons. The second kappa shape index (κ2) is 4.44. The second-order valence-corrected chi connectivity index (χ2v) is 4.30. The van der Waals surface area contributed by atoms with Crippen LogP contribution in [0, 0.1) is 0 Å². The summed E-state index contributed by atoms with van der Waals surface area (Å²) < 4.78 is 14.7. The molecule has 0 N–H and O–H groups in total. The Balaban J connectivity index is 2.46. The SMILES string of the molecule is COC(=O)C1=C(C)C2(CCCCOC2=O)OC1=O. The standard InChI is InChI=1S/C12H14O6/c1-7-8(9(13)16-2)10(14)18-12(7)5-3-4-6-17-11(12)15/h3-6H2,1-2H3. The van der Waals surface area contributed by atoms with E-state index in [0.29, 0.717) is 25.9 Å². The summed E-state index contributed by atoms with van der Waals surface area (Å²) in [5.74, 6) is -2.21. The highest BCUT2D eigenvalue weighted by Gasteiger charge is 2.54. The number of cyclic esters (lactones) is 1. The van der Waals surface area contributed by atoms with Gasteiger partial charge in [-0.1, -0.05) is 0 Å². The molecule has 0 aromatic rings. The first-order chi connectivity index (χ1) is 8.53. The van der Waals surface area contributed by atoms with E-state index < -0.39 is 23.5 Å². The molecule has 2 aliphatic heterocycles. The molecule has 2 heterocycles. The van der Waals surface area contributed by atoms with Crippen LogP contribution < -0.4 is 0 Å². The minimum Gasteiger partial charge on any atom is -0.465 e. The average Bonchev–Trinajstić information content (AvgIpc) is 2.49. The highest BCUT2D eigenvalue weighted by Crippen LogP contribution is 2.39. The van der Waals surface area contributed by atoms with Crippen molar-refractivity contribution >= 4 is 17.9 Å². The van der Waals surface area contributed by atoms with E-state index in [4.69, 9.17) is 9.47 Å². The maximum Gasteiger partial charge on any atom is 0.355 e. The lowest BCUT2D eigenvalue weighted by atomic mass is 9.88. The number of carbonyl (C=O) groups excluding carboxylic acids is 3. The quantitative estimate of drug-likeness (QED) is 0.385. The molecule has 1 fully saturated rings. The van der Waals surface area contributed by atoms with E-state index in [0.717, 1.165) is 0 Å². The van der Waals surface area contributed by atoms with Gasteiger partial charge in [-0.3, -0.25) is 0 Å². The van der Waals surface area contributed by atoms with Gasteiger partial charge in [-0.15, -0.1) is 0 Å². The van der Waals surface area contributed by atoms with E-state index in [9.17, 15) is 14.4 Å². The number of ether oxygens (including phenoxy) is 3. The number of carbonyl (C=O) groups is 3. The monoisotopic (exact) mass is 254 g/mol. The van der Waals surface area contributed by atoms with Gasteiger partial charge in [0.05, 0.1) is 13.7 Å². The van der Waals surface area contributed by atoms with Gasteiger partial charge in [0.15, 0.2) is 0 Å². The maximum absolute atomic E-state index is 12.0. The first-order valence-electron chi connectivity index (χ1n) is 5.73. The van der Waals surface area contributed by atoms with E-state index in [1.807, 2.05) is 0 Å². The summed E-state index contributed by atoms with van der Waals surface area (Å²) in [5, 5.41) is 0. The van der Waals surface area contributed by atoms with E-state index in [1.54, 1.807) is 0 Å². The van der Waals surface area contributed by atoms with E-state index >= 15 is 0 Å². The summed E-state index contributed by atoms with van der Waals surface area (Å²) in [6.07, 6.45) is 1.74. The lowest BCUT2D eigenvalue weighted by Gasteiger charge is -2.24. The Hall–Kier alpha value is -1.85. The Bertz CT molecular complexity index is 449. The Morgan fingerprint density at radius 2 is 2.06 bits per heavy atom. The van der Waals surface area contributed by atoms with Crippen LogP contribution >= 0.6 is 0 Å². The minimum absolute atomic E-state index is 0.198. The van der Waals surface area contributed by atoms with Crippen LogP contribution in [0.2, 0.25) is 0 Å². The summed E-state index contributed by atoms with van der Waals surface area (Å²) in [6.45, 7) is 1.84. The van der Waals surface area contributed by atoms with Gasteiger partial charge in [-0.05, 0) is 19.8 Å². The zero-order valence-corrected chi connectivity index (χ0v) is 10.3. The molecule has 0 aromatic carbocycles. The number of hydrogen-bond donors (Lipinski definition) is 0. The molecule has 2 rings (SSSR count). The number of methoxy groups -OCH3 is 1. The molecule has 0 amide bonds. The first-order valence-corrected chi connectivity index (χ1v) is 5.73. The van der Waals surface area contributed by atoms with Gasteiger partial charge in [0.25, 0.3) is 0 Å². The van der Waals surface area contributed by atoms with Gasteiger partial charge in [0.2, 0.25) is 5.60 Å². The molecule has 0 radical (unpaired) electrons. The lowest BCUT2D eigenvalue weighted by Crippen LogP contribution is -2.41. The second-order valence-electron chi connectivity index (χ2n) is 4.30. The molecule has 0 aliphatic carbocycles. The fourth-order valence-corrected chi connectivity index (χ4v) is 2.27. The minimum atomic E-state index is -1.43. The molecule has 2 aliphatic rings. The molecule has 0 bridgehead atoms. The average molecular weight is 254 g/mol. The Morgan fingerprint density at radius 3 is 2.72 bits per heavy atom. The van der Waals surface area contributed by atoms with Gasteiger partial charge in [-0.2, -0.15) is 0 Å². The maximum atomic E-state index is 12.0. The van der Waals surface area contributed by atoms with Crippen LogP contribution in [0.5, 0.6) is 0 Å². The Labute approximate surface area is 104 Å². The summed E-state index contributed by atoms with van der Waals surface area (Å²) in [4.78, 5) is 35.2. The zero-order chi connectivity index (χ0) is 13.3. The van der Waals surface area contributed by atoms with Gasteiger partial charge >= 0.3 is 17.9 Å². The molecule has 1 unspecified atom stereocenters. The molecular formula is C12H14O6. The van der Waals surface area contributed by atoms with E-state index in [2.05, 4.69) is 4.74 Å². The number of esters is 3.